The van der Waals surface area contributed by atoms with E-state index in [1.807, 2.05) is 0 Å². The highest BCUT2D eigenvalue weighted by atomic mass is 32.1. The number of anilines is 1. The Balaban J connectivity index is 1.89. The molecule has 1 aliphatic heterocycles. The molecule has 0 bridgehead atoms. The van der Waals surface area contributed by atoms with E-state index in [0.717, 1.165) is 29.7 Å². The van der Waals surface area contributed by atoms with Crippen molar-refractivity contribution in [1.29, 1.82) is 0 Å². The van der Waals surface area contributed by atoms with Crippen molar-refractivity contribution in [3.8, 4) is 10.7 Å². The van der Waals surface area contributed by atoms with Crippen molar-refractivity contribution in [3.05, 3.63) is 17.0 Å². The third-order valence-electron chi connectivity index (χ3n) is 2.59. The molecule has 0 aliphatic carbocycles. The van der Waals surface area contributed by atoms with Gasteiger partial charge in [0.15, 0.2) is 5.82 Å². The van der Waals surface area contributed by atoms with Gasteiger partial charge in [0, 0.05) is 18.0 Å². The number of nitrogens with one attached hydrogen (secondary N) is 1. The number of rotatable bonds is 2. The third kappa shape index (κ3) is 1.52. The molecule has 1 fully saturated rings. The van der Waals surface area contributed by atoms with E-state index >= 15 is 0 Å². The van der Waals surface area contributed by atoms with Crippen molar-refractivity contribution in [2.24, 2.45) is 0 Å². The van der Waals surface area contributed by atoms with Gasteiger partial charge in [0.05, 0.1) is 4.88 Å². The lowest BCUT2D eigenvalue weighted by Gasteiger charge is -2.29. The van der Waals surface area contributed by atoms with Crippen LogP contribution in [-0.2, 0) is 0 Å². The van der Waals surface area contributed by atoms with Crippen LogP contribution in [0.2, 0.25) is 0 Å². The van der Waals surface area contributed by atoms with E-state index in [-0.39, 0.29) is 0 Å². The lowest BCUT2D eigenvalue weighted by atomic mass is 10.2. The van der Waals surface area contributed by atoms with Gasteiger partial charge < -0.3 is 4.90 Å². The van der Waals surface area contributed by atoms with Gasteiger partial charge >= 0.3 is 0 Å². The second-order valence-corrected chi connectivity index (χ2v) is 5.02. The van der Waals surface area contributed by atoms with Gasteiger partial charge in [0.25, 0.3) is 0 Å². The van der Waals surface area contributed by atoms with E-state index in [9.17, 15) is 0 Å². The molecule has 0 unspecified atom stereocenters. The number of aromatic amines is 1. The fourth-order valence-corrected chi connectivity index (χ4v) is 2.39. The maximum atomic E-state index is 4.49. The van der Waals surface area contributed by atoms with Crippen LogP contribution < -0.4 is 4.90 Å². The van der Waals surface area contributed by atoms with Crippen molar-refractivity contribution in [2.45, 2.75) is 13.3 Å². The average molecular weight is 220 g/mol. The lowest BCUT2D eigenvalue weighted by molar-refractivity contribution is 0.601. The number of aromatic nitrogens is 3. The minimum Gasteiger partial charge on any atom is -0.339 e. The molecule has 2 aromatic rings. The zero-order chi connectivity index (χ0) is 10.3. The fraction of sp³-hybridized carbons (Fsp3) is 0.400. The summed E-state index contributed by atoms with van der Waals surface area (Å²) in [7, 11) is 0. The molecule has 78 valence electrons. The molecule has 1 N–H and O–H groups in total. The summed E-state index contributed by atoms with van der Waals surface area (Å²) in [5, 5.41) is 7.21. The number of aryl methyl sites for hydroxylation is 1. The quantitative estimate of drug-likeness (QED) is 0.842. The van der Waals surface area contributed by atoms with Gasteiger partial charge in [-0.2, -0.15) is 4.98 Å². The Bertz CT molecular complexity index is 469. The first-order valence-corrected chi connectivity index (χ1v) is 5.89. The molecule has 1 aliphatic rings. The van der Waals surface area contributed by atoms with Crippen molar-refractivity contribution in [1.82, 2.24) is 15.2 Å². The van der Waals surface area contributed by atoms with E-state index in [1.165, 1.54) is 11.3 Å². The van der Waals surface area contributed by atoms with Crippen molar-refractivity contribution >= 4 is 17.3 Å². The van der Waals surface area contributed by atoms with Crippen molar-refractivity contribution in [2.75, 3.05) is 18.0 Å². The fourth-order valence-electron chi connectivity index (χ4n) is 1.58. The zero-order valence-electron chi connectivity index (χ0n) is 8.53. The molecule has 3 heterocycles. The number of nitrogens with zero attached hydrogens (tertiary/aromatic N) is 3. The molecule has 0 saturated carbocycles. The summed E-state index contributed by atoms with van der Waals surface area (Å²) in [5.41, 5.74) is 0. The Morgan fingerprint density at radius 3 is 2.87 bits per heavy atom. The Morgan fingerprint density at radius 2 is 2.27 bits per heavy atom. The van der Waals surface area contributed by atoms with E-state index in [2.05, 4.69) is 39.1 Å². The minimum atomic E-state index is 0.835. The molecule has 2 aromatic heterocycles. The third-order valence-corrected chi connectivity index (χ3v) is 3.59. The standard InChI is InChI=1S/C10H12N4S/c1-7-3-4-8(15-7)9-11-10(13-12-9)14-5-2-6-14/h3-4H,2,5-6H2,1H3,(H,11,12,13). The normalized spacial score (nSPS) is 15.4. The highest BCUT2D eigenvalue weighted by Gasteiger charge is 2.19. The first kappa shape index (κ1) is 8.91. The second kappa shape index (κ2) is 3.34. The van der Waals surface area contributed by atoms with Gasteiger partial charge in [-0.15, -0.1) is 16.4 Å². The number of thiophene rings is 1. The summed E-state index contributed by atoms with van der Waals surface area (Å²) >= 11 is 1.74. The van der Waals surface area contributed by atoms with E-state index < -0.39 is 0 Å². The van der Waals surface area contributed by atoms with Gasteiger partial charge in [-0.05, 0) is 25.5 Å². The number of H-pyrrole nitrogens is 1. The van der Waals surface area contributed by atoms with Crippen molar-refractivity contribution in [3.63, 3.8) is 0 Å². The van der Waals surface area contributed by atoms with Crippen LogP contribution in [0.1, 0.15) is 11.3 Å². The molecule has 0 amide bonds. The number of hydrogen-bond donors (Lipinski definition) is 1. The Labute approximate surface area is 92.0 Å². The molecular formula is C10H12N4S. The Kier molecular flexibility index (Phi) is 1.98. The van der Waals surface area contributed by atoms with Gasteiger partial charge in [0.2, 0.25) is 5.95 Å². The van der Waals surface area contributed by atoms with Crippen LogP contribution in [0.3, 0.4) is 0 Å². The summed E-state index contributed by atoms with van der Waals surface area (Å²) in [5.74, 6) is 1.72. The van der Waals surface area contributed by atoms with Crippen molar-refractivity contribution < 1.29 is 0 Å². The van der Waals surface area contributed by atoms with Crippen LogP contribution >= 0.6 is 11.3 Å². The predicted molar refractivity (Wildman–Crippen MR) is 61.3 cm³/mol. The van der Waals surface area contributed by atoms with E-state index in [0.29, 0.717) is 0 Å². The molecule has 4 nitrogen and oxygen atoms in total. The summed E-state index contributed by atoms with van der Waals surface area (Å²) in [6.07, 6.45) is 1.25. The van der Waals surface area contributed by atoms with Gasteiger partial charge in [-0.25, -0.2) is 0 Å². The van der Waals surface area contributed by atoms with Gasteiger partial charge in [0.1, 0.15) is 0 Å². The van der Waals surface area contributed by atoms with Gasteiger partial charge in [-0.3, -0.25) is 5.10 Å². The summed E-state index contributed by atoms with van der Waals surface area (Å²) in [6, 6.07) is 4.19. The van der Waals surface area contributed by atoms with Crippen LogP contribution in [0.5, 0.6) is 0 Å². The molecule has 0 atom stereocenters. The molecule has 0 radical (unpaired) electrons. The van der Waals surface area contributed by atoms with E-state index in [4.69, 9.17) is 0 Å². The van der Waals surface area contributed by atoms with Crippen LogP contribution in [0.15, 0.2) is 12.1 Å². The lowest BCUT2D eigenvalue weighted by Crippen LogP contribution is -2.37. The highest BCUT2D eigenvalue weighted by Crippen LogP contribution is 2.26. The van der Waals surface area contributed by atoms with Crippen LogP contribution in [0.25, 0.3) is 10.7 Å². The largest absolute Gasteiger partial charge is 0.339 e. The summed E-state index contributed by atoms with van der Waals surface area (Å²) in [6.45, 7) is 4.27. The maximum Gasteiger partial charge on any atom is 0.245 e. The molecule has 0 spiro atoms. The van der Waals surface area contributed by atoms with Crippen LogP contribution in [0.4, 0.5) is 5.95 Å². The molecule has 3 rings (SSSR count). The predicted octanol–water partition coefficient (Wildman–Crippen LogP) is 2.05. The van der Waals surface area contributed by atoms with Gasteiger partial charge in [-0.1, -0.05) is 0 Å². The first-order chi connectivity index (χ1) is 7.33. The molecule has 15 heavy (non-hydrogen) atoms. The monoisotopic (exact) mass is 220 g/mol. The Morgan fingerprint density at radius 1 is 1.40 bits per heavy atom. The topological polar surface area (TPSA) is 44.8 Å². The minimum absolute atomic E-state index is 0.835. The van der Waals surface area contributed by atoms with Crippen LogP contribution in [-0.4, -0.2) is 28.3 Å². The average Bonchev–Trinajstić information content (AvgIpc) is 2.70. The van der Waals surface area contributed by atoms with Crippen LogP contribution in [0, 0.1) is 6.92 Å². The smallest absolute Gasteiger partial charge is 0.245 e. The SMILES string of the molecule is Cc1ccc(-c2nc(N3CCC3)n[nH]2)s1. The molecule has 1 saturated heterocycles. The second-order valence-electron chi connectivity index (χ2n) is 3.73. The van der Waals surface area contributed by atoms with E-state index in [1.54, 1.807) is 11.3 Å². The zero-order valence-corrected chi connectivity index (χ0v) is 9.34. The molecular weight excluding hydrogens is 208 g/mol. The highest BCUT2D eigenvalue weighted by molar-refractivity contribution is 7.15. The maximum absolute atomic E-state index is 4.49. The summed E-state index contributed by atoms with van der Waals surface area (Å²) in [4.78, 5) is 9.12. The molecule has 5 heteroatoms. The summed E-state index contributed by atoms with van der Waals surface area (Å²) < 4.78 is 0. The first-order valence-electron chi connectivity index (χ1n) is 5.07. The number of hydrogen-bond acceptors (Lipinski definition) is 4. The Hall–Kier alpha value is -1.36. The molecule has 0 aromatic carbocycles.